The van der Waals surface area contributed by atoms with Crippen LogP contribution in [-0.2, 0) is 10.0 Å². The first-order chi connectivity index (χ1) is 13.4. The standard InChI is InChI=1S/C20H22Cl2N2O3S/c21-18-9-8-16(13-19(18)22)23-14-20(25)15-6-5-7-17(12-15)28(26,27)24-10-3-1-2-4-11-24/h5-9,12-13,23H,1-4,10-11,14H2. The number of rotatable bonds is 6. The van der Waals surface area contributed by atoms with Crippen molar-refractivity contribution in [1.82, 2.24) is 4.31 Å². The second-order valence-electron chi connectivity index (χ2n) is 6.75. The molecule has 0 amide bonds. The maximum absolute atomic E-state index is 12.9. The lowest BCUT2D eigenvalue weighted by Gasteiger charge is -2.20. The zero-order chi connectivity index (χ0) is 20.1. The zero-order valence-electron chi connectivity index (χ0n) is 15.3. The molecule has 28 heavy (non-hydrogen) atoms. The van der Waals surface area contributed by atoms with Gasteiger partial charge in [0.2, 0.25) is 10.0 Å². The average Bonchev–Trinajstić information content (AvgIpc) is 2.99. The Bertz CT molecular complexity index is 956. The van der Waals surface area contributed by atoms with Crippen molar-refractivity contribution < 1.29 is 13.2 Å². The largest absolute Gasteiger partial charge is 0.378 e. The highest BCUT2D eigenvalue weighted by molar-refractivity contribution is 7.89. The highest BCUT2D eigenvalue weighted by Gasteiger charge is 2.25. The molecule has 0 unspecified atom stereocenters. The lowest BCUT2D eigenvalue weighted by Crippen LogP contribution is -2.32. The van der Waals surface area contributed by atoms with E-state index in [0.717, 1.165) is 25.7 Å². The summed E-state index contributed by atoms with van der Waals surface area (Å²) in [7, 11) is -3.59. The van der Waals surface area contributed by atoms with Crippen LogP contribution in [-0.4, -0.2) is 38.1 Å². The van der Waals surface area contributed by atoms with Crippen molar-refractivity contribution >= 4 is 44.7 Å². The summed E-state index contributed by atoms with van der Waals surface area (Å²) in [6.45, 7) is 1.07. The molecular weight excluding hydrogens is 419 g/mol. The fourth-order valence-corrected chi connectivity index (χ4v) is 5.01. The van der Waals surface area contributed by atoms with Gasteiger partial charge in [0.1, 0.15) is 0 Å². The number of halogens is 2. The molecule has 150 valence electrons. The van der Waals surface area contributed by atoms with Crippen molar-refractivity contribution in [3.05, 3.63) is 58.1 Å². The molecule has 5 nitrogen and oxygen atoms in total. The summed E-state index contributed by atoms with van der Waals surface area (Å²) >= 11 is 11.9. The number of Topliss-reactive ketones (excluding diaryl/α,β-unsaturated/α-hetero) is 1. The lowest BCUT2D eigenvalue weighted by molar-refractivity contribution is 0.101. The van der Waals surface area contributed by atoms with Gasteiger partial charge in [-0.25, -0.2) is 8.42 Å². The van der Waals surface area contributed by atoms with Gasteiger partial charge in [0.05, 0.1) is 21.5 Å². The molecule has 0 bridgehead atoms. The molecule has 2 aromatic rings. The molecular formula is C20H22Cl2N2O3S. The number of hydrogen-bond acceptors (Lipinski definition) is 4. The molecule has 0 spiro atoms. The molecule has 2 aromatic carbocycles. The smallest absolute Gasteiger partial charge is 0.243 e. The van der Waals surface area contributed by atoms with Gasteiger partial charge in [-0.2, -0.15) is 4.31 Å². The van der Waals surface area contributed by atoms with E-state index in [4.69, 9.17) is 23.2 Å². The summed E-state index contributed by atoms with van der Waals surface area (Å²) in [5, 5.41) is 3.82. The molecule has 0 atom stereocenters. The highest BCUT2D eigenvalue weighted by atomic mass is 35.5. The maximum atomic E-state index is 12.9. The fourth-order valence-electron chi connectivity index (χ4n) is 3.15. The molecule has 1 aliphatic rings. The van der Waals surface area contributed by atoms with Crippen LogP contribution in [0.4, 0.5) is 5.69 Å². The van der Waals surface area contributed by atoms with Crippen LogP contribution >= 0.6 is 23.2 Å². The quantitative estimate of drug-likeness (QED) is 0.651. The van der Waals surface area contributed by atoms with Crippen LogP contribution in [0.3, 0.4) is 0 Å². The summed E-state index contributed by atoms with van der Waals surface area (Å²) in [6, 6.07) is 11.2. The van der Waals surface area contributed by atoms with Crippen molar-refractivity contribution in [2.75, 3.05) is 25.0 Å². The Morgan fingerprint density at radius 1 is 0.964 bits per heavy atom. The van der Waals surface area contributed by atoms with E-state index in [0.29, 0.717) is 34.4 Å². The Kier molecular flexibility index (Phi) is 6.99. The van der Waals surface area contributed by atoms with Crippen molar-refractivity contribution in [2.24, 2.45) is 0 Å². The van der Waals surface area contributed by atoms with E-state index in [1.807, 2.05) is 0 Å². The first-order valence-electron chi connectivity index (χ1n) is 9.20. The number of benzene rings is 2. The summed E-state index contributed by atoms with van der Waals surface area (Å²) in [5.41, 5.74) is 1.01. The molecule has 0 saturated carbocycles. The number of anilines is 1. The monoisotopic (exact) mass is 440 g/mol. The third kappa shape index (κ3) is 5.06. The van der Waals surface area contributed by atoms with Gasteiger partial charge in [-0.1, -0.05) is 48.2 Å². The highest BCUT2D eigenvalue weighted by Crippen LogP contribution is 2.25. The molecule has 0 radical (unpaired) electrons. The minimum absolute atomic E-state index is 0.0190. The Morgan fingerprint density at radius 2 is 1.68 bits per heavy atom. The third-order valence-electron chi connectivity index (χ3n) is 4.73. The molecule has 1 aliphatic heterocycles. The number of nitrogens with zero attached hydrogens (tertiary/aromatic N) is 1. The van der Waals surface area contributed by atoms with E-state index in [1.54, 1.807) is 36.4 Å². The number of sulfonamides is 1. The van der Waals surface area contributed by atoms with E-state index in [9.17, 15) is 13.2 Å². The molecule has 1 fully saturated rings. The topological polar surface area (TPSA) is 66.5 Å². The number of ketones is 1. The van der Waals surface area contributed by atoms with Crippen LogP contribution in [0.1, 0.15) is 36.0 Å². The minimum Gasteiger partial charge on any atom is -0.378 e. The second kappa shape index (κ2) is 9.27. The van der Waals surface area contributed by atoms with Gasteiger partial charge in [-0.05, 0) is 43.2 Å². The van der Waals surface area contributed by atoms with Crippen LogP contribution < -0.4 is 5.32 Å². The maximum Gasteiger partial charge on any atom is 0.243 e. The Morgan fingerprint density at radius 3 is 2.36 bits per heavy atom. The van der Waals surface area contributed by atoms with E-state index in [-0.39, 0.29) is 17.2 Å². The number of nitrogens with one attached hydrogen (secondary N) is 1. The van der Waals surface area contributed by atoms with E-state index in [2.05, 4.69) is 5.32 Å². The molecule has 1 heterocycles. The van der Waals surface area contributed by atoms with Crippen LogP contribution in [0.25, 0.3) is 0 Å². The Hall–Kier alpha value is -1.60. The SMILES string of the molecule is O=C(CNc1ccc(Cl)c(Cl)c1)c1cccc(S(=O)(=O)N2CCCCCC2)c1. The molecule has 0 aromatic heterocycles. The lowest BCUT2D eigenvalue weighted by atomic mass is 10.1. The van der Waals surface area contributed by atoms with Gasteiger partial charge < -0.3 is 5.32 Å². The predicted molar refractivity (Wildman–Crippen MR) is 113 cm³/mol. The molecule has 0 aliphatic carbocycles. The minimum atomic E-state index is -3.59. The number of carbonyl (C=O) groups excluding carboxylic acids is 1. The number of carbonyl (C=O) groups is 1. The van der Waals surface area contributed by atoms with Gasteiger partial charge in [0, 0.05) is 24.3 Å². The normalized spacial score (nSPS) is 15.8. The van der Waals surface area contributed by atoms with Crippen LogP contribution in [0, 0.1) is 0 Å². The predicted octanol–water partition coefficient (Wildman–Crippen LogP) is 4.85. The van der Waals surface area contributed by atoms with Crippen molar-refractivity contribution in [2.45, 2.75) is 30.6 Å². The summed E-state index contributed by atoms with van der Waals surface area (Å²) < 4.78 is 27.4. The average molecular weight is 441 g/mol. The van der Waals surface area contributed by atoms with Gasteiger partial charge in [0.15, 0.2) is 5.78 Å². The van der Waals surface area contributed by atoms with Gasteiger partial charge in [-0.15, -0.1) is 0 Å². The van der Waals surface area contributed by atoms with Crippen LogP contribution in [0.5, 0.6) is 0 Å². The van der Waals surface area contributed by atoms with E-state index < -0.39 is 10.0 Å². The van der Waals surface area contributed by atoms with Crippen LogP contribution in [0.2, 0.25) is 10.0 Å². The van der Waals surface area contributed by atoms with Gasteiger partial charge in [-0.3, -0.25) is 4.79 Å². The third-order valence-corrected chi connectivity index (χ3v) is 7.37. The molecule has 1 saturated heterocycles. The Balaban J connectivity index is 1.72. The number of hydrogen-bond donors (Lipinski definition) is 1. The second-order valence-corrected chi connectivity index (χ2v) is 9.50. The van der Waals surface area contributed by atoms with Crippen molar-refractivity contribution in [3.63, 3.8) is 0 Å². The fraction of sp³-hybridized carbons (Fsp3) is 0.350. The Labute approximate surface area is 175 Å². The van der Waals surface area contributed by atoms with E-state index in [1.165, 1.54) is 10.4 Å². The summed E-state index contributed by atoms with van der Waals surface area (Å²) in [5.74, 6) is -0.209. The zero-order valence-corrected chi connectivity index (χ0v) is 17.7. The molecule has 3 rings (SSSR count). The first kappa shape index (κ1) is 21.1. The molecule has 1 N–H and O–H groups in total. The van der Waals surface area contributed by atoms with Crippen molar-refractivity contribution in [1.29, 1.82) is 0 Å². The van der Waals surface area contributed by atoms with Gasteiger partial charge in [0.25, 0.3) is 0 Å². The summed E-state index contributed by atoms with van der Waals surface area (Å²) in [4.78, 5) is 12.7. The van der Waals surface area contributed by atoms with Crippen LogP contribution in [0.15, 0.2) is 47.4 Å². The summed E-state index contributed by atoms with van der Waals surface area (Å²) in [6.07, 6.45) is 3.83. The van der Waals surface area contributed by atoms with E-state index >= 15 is 0 Å². The van der Waals surface area contributed by atoms with Crippen molar-refractivity contribution in [3.8, 4) is 0 Å². The van der Waals surface area contributed by atoms with Gasteiger partial charge >= 0.3 is 0 Å². The first-order valence-corrected chi connectivity index (χ1v) is 11.4. The molecule has 8 heteroatoms.